The second-order valence-electron chi connectivity index (χ2n) is 3.68. The van der Waals surface area contributed by atoms with Gasteiger partial charge in [-0.15, -0.1) is 5.26 Å². The zero-order chi connectivity index (χ0) is 12.1. The minimum absolute atomic E-state index is 0.270. The normalized spacial score (nSPS) is 9.59. The molecular formula is C14H11NO2. The Labute approximate surface area is 99.5 Å². The fraction of sp³-hybridized carbons (Fsp3) is 0.0714. The summed E-state index contributed by atoms with van der Waals surface area (Å²) >= 11 is 0. The molecule has 3 nitrogen and oxygen atoms in total. The highest BCUT2D eigenvalue weighted by Gasteiger charge is 1.98. The van der Waals surface area contributed by atoms with E-state index in [0.717, 1.165) is 17.5 Å². The molecule has 0 fully saturated rings. The van der Waals surface area contributed by atoms with Crippen molar-refractivity contribution in [1.29, 1.82) is 5.26 Å². The third kappa shape index (κ3) is 2.99. The number of hydrogen-bond donors (Lipinski definition) is 1. The Morgan fingerprint density at radius 1 is 0.941 bits per heavy atom. The van der Waals surface area contributed by atoms with Gasteiger partial charge in [-0.1, -0.05) is 24.3 Å². The van der Waals surface area contributed by atoms with Gasteiger partial charge in [-0.05, 0) is 41.8 Å². The van der Waals surface area contributed by atoms with Crippen LogP contribution in [0.2, 0.25) is 0 Å². The third-order valence-corrected chi connectivity index (χ3v) is 2.43. The van der Waals surface area contributed by atoms with E-state index < -0.39 is 0 Å². The van der Waals surface area contributed by atoms with Crippen LogP contribution in [0.1, 0.15) is 11.1 Å². The maximum atomic E-state index is 9.17. The zero-order valence-electron chi connectivity index (χ0n) is 9.13. The van der Waals surface area contributed by atoms with Gasteiger partial charge in [0, 0.05) is 0 Å². The van der Waals surface area contributed by atoms with Crippen molar-refractivity contribution in [3.8, 4) is 17.8 Å². The molecule has 0 spiro atoms. The van der Waals surface area contributed by atoms with E-state index in [9.17, 15) is 5.11 Å². The molecule has 0 saturated heterocycles. The molecule has 2 rings (SSSR count). The first-order chi connectivity index (χ1) is 8.28. The van der Waals surface area contributed by atoms with Gasteiger partial charge in [-0.2, -0.15) is 0 Å². The number of phenolic OH excluding ortho intramolecular Hbond substituents is 1. The van der Waals surface area contributed by atoms with Gasteiger partial charge in [0.1, 0.15) is 11.5 Å². The molecule has 0 aliphatic heterocycles. The lowest BCUT2D eigenvalue weighted by atomic mass is 10.0. The lowest BCUT2D eigenvalue weighted by Gasteiger charge is -2.03. The molecule has 0 aliphatic carbocycles. The topological polar surface area (TPSA) is 53.2 Å². The van der Waals surface area contributed by atoms with Gasteiger partial charge in [0.15, 0.2) is 0 Å². The van der Waals surface area contributed by atoms with E-state index in [0.29, 0.717) is 5.75 Å². The van der Waals surface area contributed by atoms with E-state index in [1.165, 1.54) is 0 Å². The van der Waals surface area contributed by atoms with Crippen LogP contribution in [0.4, 0.5) is 0 Å². The second-order valence-corrected chi connectivity index (χ2v) is 3.68. The molecule has 0 aliphatic rings. The second kappa shape index (κ2) is 5.04. The van der Waals surface area contributed by atoms with E-state index in [2.05, 4.69) is 0 Å². The number of aromatic hydroxyl groups is 1. The Kier molecular flexibility index (Phi) is 3.27. The van der Waals surface area contributed by atoms with Crippen molar-refractivity contribution in [2.24, 2.45) is 0 Å². The number of phenols is 1. The summed E-state index contributed by atoms with van der Waals surface area (Å²) in [7, 11) is 0. The van der Waals surface area contributed by atoms with Crippen molar-refractivity contribution in [2.45, 2.75) is 6.42 Å². The molecule has 0 unspecified atom stereocenters. The van der Waals surface area contributed by atoms with Gasteiger partial charge in [0.05, 0.1) is 0 Å². The van der Waals surface area contributed by atoms with E-state index in [1.807, 2.05) is 24.3 Å². The molecule has 2 aromatic rings. The number of hydrogen-bond acceptors (Lipinski definition) is 3. The number of nitrogens with zero attached hydrogens (tertiary/aromatic N) is 1. The quantitative estimate of drug-likeness (QED) is 0.817. The van der Waals surface area contributed by atoms with Crippen molar-refractivity contribution in [3.63, 3.8) is 0 Å². The van der Waals surface area contributed by atoms with Crippen molar-refractivity contribution >= 4 is 0 Å². The molecule has 2 aromatic carbocycles. The van der Waals surface area contributed by atoms with Gasteiger partial charge < -0.3 is 9.84 Å². The van der Waals surface area contributed by atoms with E-state index in [-0.39, 0.29) is 5.75 Å². The van der Waals surface area contributed by atoms with Gasteiger partial charge in [0.2, 0.25) is 0 Å². The van der Waals surface area contributed by atoms with Crippen LogP contribution >= 0.6 is 0 Å². The first-order valence-electron chi connectivity index (χ1n) is 5.21. The Morgan fingerprint density at radius 2 is 1.47 bits per heavy atom. The average Bonchev–Trinajstić information content (AvgIpc) is 2.35. The highest BCUT2D eigenvalue weighted by Crippen LogP contribution is 2.16. The van der Waals surface area contributed by atoms with Gasteiger partial charge in [-0.3, -0.25) is 0 Å². The smallest absolute Gasteiger partial charge is 0.292 e. The highest BCUT2D eigenvalue weighted by atomic mass is 16.5. The van der Waals surface area contributed by atoms with Crippen LogP contribution in [-0.2, 0) is 6.42 Å². The predicted molar refractivity (Wildman–Crippen MR) is 63.6 cm³/mol. The maximum absolute atomic E-state index is 9.17. The fourth-order valence-corrected chi connectivity index (χ4v) is 1.58. The first-order valence-corrected chi connectivity index (χ1v) is 5.21. The van der Waals surface area contributed by atoms with Gasteiger partial charge in [-0.25, -0.2) is 0 Å². The number of ether oxygens (including phenoxy) is 1. The maximum Gasteiger partial charge on any atom is 0.292 e. The lowest BCUT2D eigenvalue weighted by Crippen LogP contribution is -1.88. The van der Waals surface area contributed by atoms with Crippen molar-refractivity contribution < 1.29 is 9.84 Å². The van der Waals surface area contributed by atoms with Crippen LogP contribution in [0.25, 0.3) is 0 Å². The molecule has 0 amide bonds. The number of benzene rings is 2. The zero-order valence-corrected chi connectivity index (χ0v) is 9.13. The minimum Gasteiger partial charge on any atom is -0.508 e. The summed E-state index contributed by atoms with van der Waals surface area (Å²) in [5.74, 6) is 0.813. The van der Waals surface area contributed by atoms with Crippen LogP contribution in [0.3, 0.4) is 0 Å². The molecule has 84 valence electrons. The number of nitriles is 1. The molecule has 17 heavy (non-hydrogen) atoms. The van der Waals surface area contributed by atoms with Crippen LogP contribution < -0.4 is 4.74 Å². The summed E-state index contributed by atoms with van der Waals surface area (Å²) in [6.07, 6.45) is 2.42. The van der Waals surface area contributed by atoms with Crippen LogP contribution in [0.15, 0.2) is 48.5 Å². The molecule has 0 aromatic heterocycles. The molecule has 0 heterocycles. The SMILES string of the molecule is N#COc1ccc(Cc2ccc(O)cc2)cc1. The summed E-state index contributed by atoms with van der Waals surface area (Å²) in [6.45, 7) is 0. The molecule has 0 atom stereocenters. The molecule has 3 heteroatoms. The van der Waals surface area contributed by atoms with Crippen molar-refractivity contribution in [2.75, 3.05) is 0 Å². The predicted octanol–water partition coefficient (Wildman–Crippen LogP) is 2.84. The summed E-state index contributed by atoms with van der Waals surface area (Å²) in [5, 5.41) is 17.5. The fourth-order valence-electron chi connectivity index (χ4n) is 1.58. The van der Waals surface area contributed by atoms with Crippen LogP contribution in [-0.4, -0.2) is 5.11 Å². The Balaban J connectivity index is 2.09. The minimum atomic E-state index is 0.270. The molecule has 0 saturated carbocycles. The van der Waals surface area contributed by atoms with E-state index >= 15 is 0 Å². The molecule has 0 radical (unpaired) electrons. The standard InChI is InChI=1S/C14H11NO2/c15-10-17-14-7-3-12(4-8-14)9-11-1-5-13(16)6-2-11/h1-8,16H,9H2. The molecular weight excluding hydrogens is 214 g/mol. The third-order valence-electron chi connectivity index (χ3n) is 2.43. The van der Waals surface area contributed by atoms with Gasteiger partial charge in [0.25, 0.3) is 6.26 Å². The first kappa shape index (κ1) is 11.0. The van der Waals surface area contributed by atoms with Crippen molar-refractivity contribution in [3.05, 3.63) is 59.7 Å². The number of rotatable bonds is 3. The van der Waals surface area contributed by atoms with Crippen LogP contribution in [0.5, 0.6) is 11.5 Å². The molecule has 1 N–H and O–H groups in total. The monoisotopic (exact) mass is 225 g/mol. The average molecular weight is 225 g/mol. The van der Waals surface area contributed by atoms with Crippen molar-refractivity contribution in [1.82, 2.24) is 0 Å². The molecule has 0 bridgehead atoms. The lowest BCUT2D eigenvalue weighted by molar-refractivity contribution is 0.475. The largest absolute Gasteiger partial charge is 0.508 e. The summed E-state index contributed by atoms with van der Waals surface area (Å²) in [5.41, 5.74) is 2.25. The Morgan fingerprint density at radius 3 is 2.00 bits per heavy atom. The summed E-state index contributed by atoms with van der Waals surface area (Å²) in [6, 6.07) is 14.5. The Bertz CT molecular complexity index is 524. The highest BCUT2D eigenvalue weighted by molar-refractivity contribution is 5.33. The van der Waals surface area contributed by atoms with E-state index in [4.69, 9.17) is 10.00 Å². The van der Waals surface area contributed by atoms with E-state index in [1.54, 1.807) is 30.5 Å². The summed E-state index contributed by atoms with van der Waals surface area (Å²) < 4.78 is 4.70. The Hall–Kier alpha value is -2.47. The van der Waals surface area contributed by atoms with Crippen LogP contribution in [0, 0.1) is 11.5 Å². The summed E-state index contributed by atoms with van der Waals surface area (Å²) in [4.78, 5) is 0. The van der Waals surface area contributed by atoms with Gasteiger partial charge >= 0.3 is 0 Å².